The van der Waals surface area contributed by atoms with Crippen LogP contribution in [-0.2, 0) is 4.79 Å². The van der Waals surface area contributed by atoms with Crippen molar-refractivity contribution in [1.29, 1.82) is 0 Å². The lowest BCUT2D eigenvalue weighted by molar-refractivity contribution is -0.116. The molecule has 18 heavy (non-hydrogen) atoms. The summed E-state index contributed by atoms with van der Waals surface area (Å²) in [5.74, 6) is 0.0351. The van der Waals surface area contributed by atoms with E-state index in [1.807, 2.05) is 25.1 Å². The van der Waals surface area contributed by atoms with Crippen molar-refractivity contribution >= 4 is 27.5 Å². The minimum absolute atomic E-state index is 0.0351. The molecule has 0 aliphatic rings. The number of carbonyl (C=O) groups excluding carboxylic acids is 1. The Balaban J connectivity index is 2.48. The van der Waals surface area contributed by atoms with E-state index in [0.717, 1.165) is 15.7 Å². The molecule has 0 bridgehead atoms. The summed E-state index contributed by atoms with van der Waals surface area (Å²) in [5, 5.41) is 6.22. The summed E-state index contributed by atoms with van der Waals surface area (Å²) < 4.78 is 1.01. The number of nitrogens with one attached hydrogen (secondary N) is 2. The van der Waals surface area contributed by atoms with E-state index in [0.29, 0.717) is 13.0 Å². The standard InChI is InChI=1S/C14H21BrN2O/c1-10-11(15)6-5-7-12(10)17-13(18)8-9-16-14(2,3)4/h5-7,16H,8-9H2,1-4H3,(H,17,18). The summed E-state index contributed by atoms with van der Waals surface area (Å²) in [7, 11) is 0. The highest BCUT2D eigenvalue weighted by Gasteiger charge is 2.10. The van der Waals surface area contributed by atoms with Crippen LogP contribution in [0.4, 0.5) is 5.69 Å². The fraction of sp³-hybridized carbons (Fsp3) is 0.500. The van der Waals surface area contributed by atoms with Crippen molar-refractivity contribution in [3.8, 4) is 0 Å². The van der Waals surface area contributed by atoms with Gasteiger partial charge in [0.15, 0.2) is 0 Å². The van der Waals surface area contributed by atoms with Crippen LogP contribution in [0.5, 0.6) is 0 Å². The van der Waals surface area contributed by atoms with Gasteiger partial charge in [0, 0.05) is 28.7 Å². The van der Waals surface area contributed by atoms with Crippen LogP contribution < -0.4 is 10.6 Å². The van der Waals surface area contributed by atoms with Crippen LogP contribution in [0, 0.1) is 6.92 Å². The molecule has 0 aliphatic carbocycles. The van der Waals surface area contributed by atoms with Crippen LogP contribution in [0.25, 0.3) is 0 Å². The second-order valence-corrected chi connectivity index (χ2v) is 6.24. The molecule has 0 saturated heterocycles. The molecule has 3 nitrogen and oxygen atoms in total. The second kappa shape index (κ2) is 6.34. The van der Waals surface area contributed by atoms with Gasteiger partial charge in [-0.05, 0) is 45.4 Å². The summed E-state index contributed by atoms with van der Waals surface area (Å²) in [6.07, 6.45) is 0.475. The lowest BCUT2D eigenvalue weighted by Gasteiger charge is -2.20. The Bertz CT molecular complexity index is 424. The number of carbonyl (C=O) groups is 1. The van der Waals surface area contributed by atoms with E-state index >= 15 is 0 Å². The van der Waals surface area contributed by atoms with E-state index in [2.05, 4.69) is 47.3 Å². The van der Waals surface area contributed by atoms with Gasteiger partial charge in [-0.2, -0.15) is 0 Å². The maximum absolute atomic E-state index is 11.8. The molecule has 0 heterocycles. The van der Waals surface area contributed by atoms with Crippen molar-refractivity contribution in [2.75, 3.05) is 11.9 Å². The Morgan fingerprint density at radius 1 is 1.33 bits per heavy atom. The first-order valence-electron chi connectivity index (χ1n) is 6.09. The van der Waals surface area contributed by atoms with Gasteiger partial charge in [-0.15, -0.1) is 0 Å². The summed E-state index contributed by atoms with van der Waals surface area (Å²) in [4.78, 5) is 11.8. The molecular formula is C14H21BrN2O. The van der Waals surface area contributed by atoms with Gasteiger partial charge in [0.25, 0.3) is 0 Å². The first-order valence-corrected chi connectivity index (χ1v) is 6.89. The molecule has 0 spiro atoms. The molecule has 1 amide bonds. The second-order valence-electron chi connectivity index (χ2n) is 5.39. The number of hydrogen-bond acceptors (Lipinski definition) is 2. The number of rotatable bonds is 4. The van der Waals surface area contributed by atoms with Crippen LogP contribution in [0.1, 0.15) is 32.8 Å². The highest BCUT2D eigenvalue weighted by atomic mass is 79.9. The lowest BCUT2D eigenvalue weighted by atomic mass is 10.1. The maximum Gasteiger partial charge on any atom is 0.225 e. The molecule has 0 unspecified atom stereocenters. The van der Waals surface area contributed by atoms with Crippen LogP contribution in [-0.4, -0.2) is 18.0 Å². The maximum atomic E-state index is 11.8. The number of hydrogen-bond donors (Lipinski definition) is 2. The summed E-state index contributed by atoms with van der Waals surface area (Å²) in [6, 6.07) is 5.79. The molecule has 1 aromatic rings. The van der Waals surface area contributed by atoms with Gasteiger partial charge < -0.3 is 10.6 Å². The zero-order valence-electron chi connectivity index (χ0n) is 11.4. The Morgan fingerprint density at radius 2 is 2.00 bits per heavy atom. The molecule has 2 N–H and O–H groups in total. The van der Waals surface area contributed by atoms with E-state index < -0.39 is 0 Å². The number of halogens is 1. The third-order valence-electron chi connectivity index (χ3n) is 2.55. The van der Waals surface area contributed by atoms with E-state index in [4.69, 9.17) is 0 Å². The number of amides is 1. The SMILES string of the molecule is Cc1c(Br)cccc1NC(=O)CCNC(C)(C)C. The van der Waals surface area contributed by atoms with Crippen molar-refractivity contribution < 1.29 is 4.79 Å². The third-order valence-corrected chi connectivity index (χ3v) is 3.41. The summed E-state index contributed by atoms with van der Waals surface area (Å²) in [5.41, 5.74) is 1.96. The zero-order chi connectivity index (χ0) is 13.8. The Hall–Kier alpha value is -0.870. The average molecular weight is 313 g/mol. The van der Waals surface area contributed by atoms with Gasteiger partial charge in [0.2, 0.25) is 5.91 Å². The third kappa shape index (κ3) is 5.19. The minimum Gasteiger partial charge on any atom is -0.326 e. The highest BCUT2D eigenvalue weighted by molar-refractivity contribution is 9.10. The van der Waals surface area contributed by atoms with Crippen molar-refractivity contribution in [1.82, 2.24) is 5.32 Å². The van der Waals surface area contributed by atoms with Gasteiger partial charge in [-0.3, -0.25) is 4.79 Å². The Labute approximate surface area is 117 Å². The summed E-state index contributed by atoms with van der Waals surface area (Å²) in [6.45, 7) is 8.92. The van der Waals surface area contributed by atoms with Crippen LogP contribution in [0.3, 0.4) is 0 Å². The van der Waals surface area contributed by atoms with Crippen LogP contribution in [0.2, 0.25) is 0 Å². The van der Waals surface area contributed by atoms with Gasteiger partial charge in [0.1, 0.15) is 0 Å². The predicted octanol–water partition coefficient (Wildman–Crippen LogP) is 3.47. The smallest absolute Gasteiger partial charge is 0.225 e. The van der Waals surface area contributed by atoms with E-state index in [9.17, 15) is 4.79 Å². The molecule has 1 aromatic carbocycles. The van der Waals surface area contributed by atoms with Crippen molar-refractivity contribution in [3.05, 3.63) is 28.2 Å². The molecular weight excluding hydrogens is 292 g/mol. The Kier molecular flexibility index (Phi) is 5.35. The fourth-order valence-corrected chi connectivity index (χ4v) is 1.87. The monoisotopic (exact) mass is 312 g/mol. The van der Waals surface area contributed by atoms with Crippen molar-refractivity contribution in [3.63, 3.8) is 0 Å². The van der Waals surface area contributed by atoms with Crippen molar-refractivity contribution in [2.24, 2.45) is 0 Å². The van der Waals surface area contributed by atoms with E-state index in [-0.39, 0.29) is 11.4 Å². The molecule has 100 valence electrons. The van der Waals surface area contributed by atoms with Gasteiger partial charge >= 0.3 is 0 Å². The molecule has 1 rings (SSSR count). The van der Waals surface area contributed by atoms with Crippen molar-refractivity contribution in [2.45, 2.75) is 39.7 Å². The average Bonchev–Trinajstić information content (AvgIpc) is 2.23. The normalized spacial score (nSPS) is 11.4. The van der Waals surface area contributed by atoms with E-state index in [1.165, 1.54) is 0 Å². The molecule has 0 fully saturated rings. The first-order chi connectivity index (χ1) is 8.29. The first kappa shape index (κ1) is 15.2. The zero-order valence-corrected chi connectivity index (χ0v) is 13.0. The minimum atomic E-state index is 0.0351. The van der Waals surface area contributed by atoms with Crippen LogP contribution >= 0.6 is 15.9 Å². The molecule has 0 atom stereocenters. The number of anilines is 1. The molecule has 4 heteroatoms. The van der Waals surface area contributed by atoms with Gasteiger partial charge in [-0.1, -0.05) is 22.0 Å². The molecule has 0 saturated carbocycles. The van der Waals surface area contributed by atoms with E-state index in [1.54, 1.807) is 0 Å². The Morgan fingerprint density at radius 3 is 2.61 bits per heavy atom. The largest absolute Gasteiger partial charge is 0.326 e. The molecule has 0 radical (unpaired) electrons. The lowest BCUT2D eigenvalue weighted by Crippen LogP contribution is -2.37. The number of benzene rings is 1. The van der Waals surface area contributed by atoms with Gasteiger partial charge in [-0.25, -0.2) is 0 Å². The quantitative estimate of drug-likeness (QED) is 0.893. The topological polar surface area (TPSA) is 41.1 Å². The molecule has 0 aliphatic heterocycles. The predicted molar refractivity (Wildman–Crippen MR) is 79.9 cm³/mol. The molecule has 0 aromatic heterocycles. The highest BCUT2D eigenvalue weighted by Crippen LogP contribution is 2.23. The van der Waals surface area contributed by atoms with Crippen LogP contribution in [0.15, 0.2) is 22.7 Å². The summed E-state index contributed by atoms with van der Waals surface area (Å²) >= 11 is 3.45. The fourth-order valence-electron chi connectivity index (χ4n) is 1.51. The van der Waals surface area contributed by atoms with Gasteiger partial charge in [0.05, 0.1) is 0 Å².